The van der Waals surface area contributed by atoms with Crippen molar-refractivity contribution in [3.8, 4) is 11.5 Å². The Morgan fingerprint density at radius 3 is 2.33 bits per heavy atom. The van der Waals surface area contributed by atoms with E-state index in [-0.39, 0.29) is 11.9 Å². The lowest BCUT2D eigenvalue weighted by Crippen LogP contribution is -2.19. The summed E-state index contributed by atoms with van der Waals surface area (Å²) in [6.07, 6.45) is 0.428. The number of aromatic hydroxyl groups is 1. The first-order valence-electron chi connectivity index (χ1n) is 6.03. The van der Waals surface area contributed by atoms with E-state index in [2.05, 4.69) is 0 Å². The Balaban J connectivity index is 2.14. The maximum absolute atomic E-state index is 12.6. The Labute approximate surface area is 103 Å². The number of hydrogen-bond acceptors (Lipinski definition) is 2. The van der Waals surface area contributed by atoms with Crippen LogP contribution in [0.15, 0.2) is 18.2 Å². The van der Waals surface area contributed by atoms with Crippen LogP contribution in [0.25, 0.3) is 0 Å². The van der Waals surface area contributed by atoms with E-state index < -0.39 is 17.5 Å². The minimum atomic E-state index is -4.47. The number of halogens is 3. The summed E-state index contributed by atoms with van der Waals surface area (Å²) >= 11 is 0. The van der Waals surface area contributed by atoms with E-state index in [1.807, 2.05) is 0 Å². The zero-order chi connectivity index (χ0) is 13.2. The first-order chi connectivity index (χ1) is 8.45. The minimum Gasteiger partial charge on any atom is -0.508 e. The average molecular weight is 260 g/mol. The van der Waals surface area contributed by atoms with Gasteiger partial charge in [-0.05, 0) is 37.8 Å². The predicted octanol–water partition coefficient (Wildman–Crippen LogP) is 4.12. The van der Waals surface area contributed by atoms with E-state index in [0.29, 0.717) is 6.07 Å². The summed E-state index contributed by atoms with van der Waals surface area (Å²) in [6.45, 7) is 0. The SMILES string of the molecule is Oc1cc(OC2CCCCC2)cc(C(F)(F)F)c1. The molecule has 0 radical (unpaired) electrons. The topological polar surface area (TPSA) is 29.5 Å². The maximum atomic E-state index is 12.6. The molecular formula is C13H15F3O2. The van der Waals surface area contributed by atoms with Crippen LogP contribution in [0.5, 0.6) is 11.5 Å². The summed E-state index contributed by atoms with van der Waals surface area (Å²) < 4.78 is 43.2. The van der Waals surface area contributed by atoms with Gasteiger partial charge in [0.25, 0.3) is 0 Å². The van der Waals surface area contributed by atoms with Gasteiger partial charge >= 0.3 is 6.18 Å². The van der Waals surface area contributed by atoms with Crippen LogP contribution in [-0.2, 0) is 6.18 Å². The van der Waals surface area contributed by atoms with Crippen LogP contribution in [0.4, 0.5) is 13.2 Å². The molecule has 0 atom stereocenters. The van der Waals surface area contributed by atoms with Gasteiger partial charge < -0.3 is 9.84 Å². The second-order valence-electron chi connectivity index (χ2n) is 4.59. The molecule has 0 aromatic heterocycles. The highest BCUT2D eigenvalue weighted by Crippen LogP contribution is 2.35. The molecule has 1 saturated carbocycles. The number of benzene rings is 1. The fourth-order valence-corrected chi connectivity index (χ4v) is 2.19. The van der Waals surface area contributed by atoms with Crippen LogP contribution >= 0.6 is 0 Å². The van der Waals surface area contributed by atoms with Crippen LogP contribution < -0.4 is 4.74 Å². The fraction of sp³-hybridized carbons (Fsp3) is 0.538. The van der Waals surface area contributed by atoms with Gasteiger partial charge in [-0.1, -0.05) is 6.42 Å². The fourth-order valence-electron chi connectivity index (χ4n) is 2.19. The van der Waals surface area contributed by atoms with E-state index >= 15 is 0 Å². The number of phenols is 1. The van der Waals surface area contributed by atoms with Crippen LogP contribution in [0.1, 0.15) is 37.7 Å². The molecule has 0 aliphatic heterocycles. The molecule has 1 N–H and O–H groups in total. The summed E-state index contributed by atoms with van der Waals surface area (Å²) in [4.78, 5) is 0. The van der Waals surface area contributed by atoms with Crippen molar-refractivity contribution >= 4 is 0 Å². The molecule has 1 fully saturated rings. The molecule has 100 valence electrons. The molecule has 0 saturated heterocycles. The van der Waals surface area contributed by atoms with E-state index in [9.17, 15) is 18.3 Å². The number of rotatable bonds is 2. The molecule has 0 spiro atoms. The molecule has 0 unspecified atom stereocenters. The second-order valence-corrected chi connectivity index (χ2v) is 4.59. The molecule has 1 aromatic carbocycles. The van der Waals surface area contributed by atoms with E-state index in [1.165, 1.54) is 6.07 Å². The predicted molar refractivity (Wildman–Crippen MR) is 60.6 cm³/mol. The van der Waals surface area contributed by atoms with E-state index in [0.717, 1.165) is 38.2 Å². The van der Waals surface area contributed by atoms with Crippen molar-refractivity contribution < 1.29 is 23.0 Å². The average Bonchev–Trinajstić information content (AvgIpc) is 2.28. The van der Waals surface area contributed by atoms with E-state index in [4.69, 9.17) is 4.74 Å². The number of alkyl halides is 3. The summed E-state index contributed by atoms with van der Waals surface area (Å²) in [5.41, 5.74) is -0.881. The Morgan fingerprint density at radius 1 is 1.06 bits per heavy atom. The largest absolute Gasteiger partial charge is 0.508 e. The van der Waals surface area contributed by atoms with Crippen molar-refractivity contribution in [3.05, 3.63) is 23.8 Å². The third kappa shape index (κ3) is 3.31. The van der Waals surface area contributed by atoms with Gasteiger partial charge in [-0.2, -0.15) is 13.2 Å². The molecular weight excluding hydrogens is 245 g/mol. The first kappa shape index (κ1) is 13.1. The highest BCUT2D eigenvalue weighted by Gasteiger charge is 2.31. The lowest BCUT2D eigenvalue weighted by Gasteiger charge is -2.23. The third-order valence-corrected chi connectivity index (χ3v) is 3.07. The third-order valence-electron chi connectivity index (χ3n) is 3.07. The van der Waals surface area contributed by atoms with Crippen molar-refractivity contribution in [2.24, 2.45) is 0 Å². The van der Waals surface area contributed by atoms with Gasteiger partial charge in [0, 0.05) is 6.07 Å². The maximum Gasteiger partial charge on any atom is 0.416 e. The van der Waals surface area contributed by atoms with Crippen molar-refractivity contribution in [1.29, 1.82) is 0 Å². The summed E-state index contributed by atoms with van der Waals surface area (Å²) in [5, 5.41) is 9.31. The van der Waals surface area contributed by atoms with Crippen molar-refractivity contribution in [2.75, 3.05) is 0 Å². The lowest BCUT2D eigenvalue weighted by molar-refractivity contribution is -0.137. The van der Waals surface area contributed by atoms with E-state index in [1.54, 1.807) is 0 Å². The molecule has 2 rings (SSSR count). The van der Waals surface area contributed by atoms with Gasteiger partial charge in [0.2, 0.25) is 0 Å². The van der Waals surface area contributed by atoms with Gasteiger partial charge in [0.15, 0.2) is 0 Å². The molecule has 1 aliphatic rings. The normalized spacial score (nSPS) is 17.7. The van der Waals surface area contributed by atoms with Gasteiger partial charge in [0.1, 0.15) is 11.5 Å². The van der Waals surface area contributed by atoms with Gasteiger partial charge in [-0.15, -0.1) is 0 Å². The van der Waals surface area contributed by atoms with Gasteiger partial charge in [-0.25, -0.2) is 0 Å². The summed E-state index contributed by atoms with van der Waals surface area (Å²) in [7, 11) is 0. The highest BCUT2D eigenvalue weighted by molar-refractivity contribution is 5.39. The Hall–Kier alpha value is -1.39. The van der Waals surface area contributed by atoms with Crippen LogP contribution in [-0.4, -0.2) is 11.2 Å². The van der Waals surface area contributed by atoms with Crippen LogP contribution in [0.3, 0.4) is 0 Å². The summed E-state index contributed by atoms with van der Waals surface area (Å²) in [5.74, 6) is -0.329. The van der Waals surface area contributed by atoms with Gasteiger partial charge in [0.05, 0.1) is 11.7 Å². The quantitative estimate of drug-likeness (QED) is 0.866. The van der Waals surface area contributed by atoms with Crippen LogP contribution in [0.2, 0.25) is 0 Å². The first-order valence-corrected chi connectivity index (χ1v) is 6.03. The molecule has 5 heteroatoms. The Bertz CT molecular complexity index is 409. The zero-order valence-electron chi connectivity index (χ0n) is 9.83. The monoisotopic (exact) mass is 260 g/mol. The number of hydrogen-bond donors (Lipinski definition) is 1. The highest BCUT2D eigenvalue weighted by atomic mass is 19.4. The molecule has 1 aromatic rings. The van der Waals surface area contributed by atoms with Crippen molar-refractivity contribution in [3.63, 3.8) is 0 Å². The molecule has 0 bridgehead atoms. The molecule has 0 amide bonds. The molecule has 1 aliphatic carbocycles. The van der Waals surface area contributed by atoms with Crippen molar-refractivity contribution in [1.82, 2.24) is 0 Å². The Kier molecular flexibility index (Phi) is 3.68. The minimum absolute atomic E-state index is 0.0402. The standard InChI is InChI=1S/C13H15F3O2/c14-13(15,16)9-6-10(17)8-12(7-9)18-11-4-2-1-3-5-11/h6-8,11,17H,1-5H2. The lowest BCUT2D eigenvalue weighted by atomic mass is 9.98. The van der Waals surface area contributed by atoms with Gasteiger partial charge in [-0.3, -0.25) is 0 Å². The molecule has 2 nitrogen and oxygen atoms in total. The number of phenolic OH excluding ortho intramolecular Hbond substituents is 1. The summed E-state index contributed by atoms with van der Waals surface area (Å²) in [6, 6.07) is 2.87. The second kappa shape index (κ2) is 5.08. The zero-order valence-corrected chi connectivity index (χ0v) is 9.83. The Morgan fingerprint density at radius 2 is 1.72 bits per heavy atom. The van der Waals surface area contributed by atoms with Crippen molar-refractivity contribution in [2.45, 2.75) is 44.4 Å². The smallest absolute Gasteiger partial charge is 0.416 e. The molecule has 18 heavy (non-hydrogen) atoms. The number of ether oxygens (including phenoxy) is 1. The molecule has 0 heterocycles. The van der Waals surface area contributed by atoms with Crippen LogP contribution in [0, 0.1) is 0 Å².